The molecule has 186 valence electrons. The first-order valence-electron chi connectivity index (χ1n) is 11.4. The highest BCUT2D eigenvalue weighted by atomic mass is 16.6. The Hall–Kier alpha value is -5.64. The molecule has 10 nitrogen and oxygen atoms in total. The molecule has 4 amide bonds. The van der Waals surface area contributed by atoms with Crippen LogP contribution in [0.15, 0.2) is 97.1 Å². The fourth-order valence-electron chi connectivity index (χ4n) is 4.00. The van der Waals surface area contributed by atoms with Gasteiger partial charge in [-0.3, -0.25) is 29.3 Å². The van der Waals surface area contributed by atoms with E-state index < -0.39 is 22.6 Å². The van der Waals surface area contributed by atoms with Crippen LogP contribution in [0.1, 0.15) is 41.4 Å². The summed E-state index contributed by atoms with van der Waals surface area (Å²) in [5.41, 5.74) is 1.67. The molecule has 38 heavy (non-hydrogen) atoms. The Labute approximate surface area is 215 Å². The number of hydrogen-bond donors (Lipinski definition) is 2. The van der Waals surface area contributed by atoms with Gasteiger partial charge in [0.25, 0.3) is 29.3 Å². The maximum Gasteiger partial charge on any atom is 0.270 e. The first kappa shape index (κ1) is 24.1. The highest BCUT2D eigenvalue weighted by molar-refractivity contribution is 6.34. The lowest BCUT2D eigenvalue weighted by Gasteiger charge is -2.14. The smallest absolute Gasteiger partial charge is 0.270 e. The van der Waals surface area contributed by atoms with Crippen molar-refractivity contribution in [1.29, 1.82) is 0 Å². The molecule has 4 aromatic rings. The van der Waals surface area contributed by atoms with Crippen molar-refractivity contribution in [2.45, 2.75) is 0 Å². The number of amides is 4. The minimum atomic E-state index is -0.602. The molecule has 0 unspecified atom stereocenters. The predicted octanol–water partition coefficient (Wildman–Crippen LogP) is 4.90. The maximum atomic E-state index is 13.1. The van der Waals surface area contributed by atoms with Crippen molar-refractivity contribution in [3.63, 3.8) is 0 Å². The predicted molar refractivity (Wildman–Crippen MR) is 139 cm³/mol. The van der Waals surface area contributed by atoms with E-state index in [0.717, 1.165) is 11.0 Å². The standard InChI is InChI=1S/C28H18N4O6/c33-25(17-5-2-1-3-6-17)29-19-9-12-21(13-10-19)31-27(35)23-14-11-20(16-24(23)28(31)36)30-26(34)18-7-4-8-22(15-18)32(37)38/h1-16H,(H,29,33)(H,30,34). The number of benzene rings is 4. The lowest BCUT2D eigenvalue weighted by atomic mass is 10.1. The summed E-state index contributed by atoms with van der Waals surface area (Å²) in [6.07, 6.45) is 0. The molecule has 0 atom stereocenters. The molecule has 0 radical (unpaired) electrons. The quantitative estimate of drug-likeness (QED) is 0.217. The van der Waals surface area contributed by atoms with E-state index >= 15 is 0 Å². The molecule has 2 N–H and O–H groups in total. The van der Waals surface area contributed by atoms with Gasteiger partial charge in [-0.1, -0.05) is 24.3 Å². The monoisotopic (exact) mass is 506 g/mol. The number of carbonyl (C=O) groups excluding carboxylic acids is 4. The van der Waals surface area contributed by atoms with Crippen LogP contribution in [-0.4, -0.2) is 28.6 Å². The number of carbonyl (C=O) groups is 4. The van der Waals surface area contributed by atoms with Crippen LogP contribution < -0.4 is 15.5 Å². The molecule has 0 spiro atoms. The molecule has 4 aromatic carbocycles. The van der Waals surface area contributed by atoms with Crippen LogP contribution in [0.25, 0.3) is 0 Å². The Kier molecular flexibility index (Phi) is 6.20. The van der Waals surface area contributed by atoms with Gasteiger partial charge in [-0.25, -0.2) is 4.90 Å². The summed E-state index contributed by atoms with van der Waals surface area (Å²) in [7, 11) is 0. The lowest BCUT2D eigenvalue weighted by molar-refractivity contribution is -0.384. The molecule has 0 fully saturated rings. The van der Waals surface area contributed by atoms with E-state index in [-0.39, 0.29) is 34.0 Å². The van der Waals surface area contributed by atoms with Crippen LogP contribution in [0.3, 0.4) is 0 Å². The molecule has 0 saturated heterocycles. The fourth-order valence-corrected chi connectivity index (χ4v) is 4.00. The van der Waals surface area contributed by atoms with E-state index in [9.17, 15) is 29.3 Å². The zero-order valence-electron chi connectivity index (χ0n) is 19.6. The van der Waals surface area contributed by atoms with Gasteiger partial charge in [-0.15, -0.1) is 0 Å². The van der Waals surface area contributed by atoms with Crippen molar-refractivity contribution < 1.29 is 24.1 Å². The summed E-state index contributed by atoms with van der Waals surface area (Å²) >= 11 is 0. The number of non-ortho nitro benzene ring substituents is 1. The fraction of sp³-hybridized carbons (Fsp3) is 0. The number of nitro groups is 1. The van der Waals surface area contributed by atoms with Gasteiger partial charge < -0.3 is 10.6 Å². The summed E-state index contributed by atoms with van der Waals surface area (Å²) in [4.78, 5) is 62.5. The molecule has 10 heteroatoms. The lowest BCUT2D eigenvalue weighted by Crippen LogP contribution is -2.29. The van der Waals surface area contributed by atoms with Crippen LogP contribution in [0.5, 0.6) is 0 Å². The Morgan fingerprint density at radius 1 is 0.658 bits per heavy atom. The average molecular weight is 506 g/mol. The molecule has 5 rings (SSSR count). The second-order valence-corrected chi connectivity index (χ2v) is 8.33. The highest BCUT2D eigenvalue weighted by Gasteiger charge is 2.37. The summed E-state index contributed by atoms with van der Waals surface area (Å²) in [6.45, 7) is 0. The topological polar surface area (TPSA) is 139 Å². The Morgan fingerprint density at radius 3 is 1.97 bits per heavy atom. The van der Waals surface area contributed by atoms with E-state index in [4.69, 9.17) is 0 Å². The number of hydrogen-bond acceptors (Lipinski definition) is 6. The van der Waals surface area contributed by atoms with Crippen molar-refractivity contribution in [2.24, 2.45) is 0 Å². The van der Waals surface area contributed by atoms with Gasteiger partial charge in [0.2, 0.25) is 0 Å². The normalized spacial score (nSPS) is 12.2. The van der Waals surface area contributed by atoms with Gasteiger partial charge in [0.1, 0.15) is 0 Å². The Morgan fingerprint density at radius 2 is 1.26 bits per heavy atom. The molecule has 1 aliphatic rings. The molecular weight excluding hydrogens is 488 g/mol. The van der Waals surface area contributed by atoms with E-state index in [1.54, 1.807) is 48.5 Å². The van der Waals surface area contributed by atoms with Crippen LogP contribution in [0.4, 0.5) is 22.7 Å². The zero-order chi connectivity index (χ0) is 26.8. The van der Waals surface area contributed by atoms with Crippen molar-refractivity contribution in [3.05, 3.63) is 129 Å². The number of imide groups is 1. The summed E-state index contributed by atoms with van der Waals surface area (Å²) in [5.74, 6) is -1.99. The minimum absolute atomic E-state index is 0.0724. The molecule has 1 aliphatic heterocycles. The molecule has 0 saturated carbocycles. The molecule has 0 aromatic heterocycles. The first-order chi connectivity index (χ1) is 18.3. The van der Waals surface area contributed by atoms with Gasteiger partial charge in [-0.2, -0.15) is 0 Å². The zero-order valence-corrected chi connectivity index (χ0v) is 19.6. The second kappa shape index (κ2) is 9.78. The second-order valence-electron chi connectivity index (χ2n) is 8.33. The van der Waals surface area contributed by atoms with E-state index in [1.165, 1.54) is 36.4 Å². The molecule has 1 heterocycles. The van der Waals surface area contributed by atoms with Gasteiger partial charge >= 0.3 is 0 Å². The number of rotatable bonds is 6. The third kappa shape index (κ3) is 4.61. The highest BCUT2D eigenvalue weighted by Crippen LogP contribution is 2.31. The largest absolute Gasteiger partial charge is 0.322 e. The number of nitro benzene ring substituents is 1. The number of anilines is 3. The van der Waals surface area contributed by atoms with Crippen LogP contribution in [0.2, 0.25) is 0 Å². The third-order valence-corrected chi connectivity index (χ3v) is 5.88. The third-order valence-electron chi connectivity index (χ3n) is 5.88. The van der Waals surface area contributed by atoms with Gasteiger partial charge in [0.05, 0.1) is 21.7 Å². The first-order valence-corrected chi connectivity index (χ1v) is 11.4. The van der Waals surface area contributed by atoms with Gasteiger partial charge in [0.15, 0.2) is 0 Å². The van der Waals surface area contributed by atoms with Crippen molar-refractivity contribution in [2.75, 3.05) is 15.5 Å². The summed E-state index contributed by atoms with van der Waals surface area (Å²) in [5, 5.41) is 16.3. The van der Waals surface area contributed by atoms with Crippen LogP contribution in [-0.2, 0) is 0 Å². The summed E-state index contributed by atoms with van der Waals surface area (Å²) < 4.78 is 0. The number of nitrogens with one attached hydrogen (secondary N) is 2. The SMILES string of the molecule is O=C(Nc1ccc(N2C(=O)c3ccc(NC(=O)c4cccc([N+](=O)[O-])c4)cc3C2=O)cc1)c1ccccc1. The molecule has 0 aliphatic carbocycles. The average Bonchev–Trinajstić information content (AvgIpc) is 3.18. The Balaban J connectivity index is 1.32. The summed E-state index contributed by atoms with van der Waals surface area (Å²) in [6, 6.07) is 24.5. The minimum Gasteiger partial charge on any atom is -0.322 e. The number of nitrogens with zero attached hydrogens (tertiary/aromatic N) is 2. The van der Waals surface area contributed by atoms with E-state index in [1.807, 2.05) is 6.07 Å². The molecular formula is C28H18N4O6. The van der Waals surface area contributed by atoms with Crippen molar-refractivity contribution >= 4 is 46.4 Å². The number of fused-ring (bicyclic) bond motifs is 1. The van der Waals surface area contributed by atoms with Crippen LogP contribution >= 0.6 is 0 Å². The van der Waals surface area contributed by atoms with Crippen LogP contribution in [0, 0.1) is 10.1 Å². The van der Waals surface area contributed by atoms with E-state index in [2.05, 4.69) is 10.6 Å². The van der Waals surface area contributed by atoms with Crippen molar-refractivity contribution in [1.82, 2.24) is 0 Å². The van der Waals surface area contributed by atoms with Crippen molar-refractivity contribution in [3.8, 4) is 0 Å². The van der Waals surface area contributed by atoms with Gasteiger partial charge in [-0.05, 0) is 60.7 Å². The molecule has 0 bridgehead atoms. The maximum absolute atomic E-state index is 13.1. The van der Waals surface area contributed by atoms with Gasteiger partial charge in [0, 0.05) is 34.6 Å². The van der Waals surface area contributed by atoms with E-state index in [0.29, 0.717) is 16.9 Å². The Bertz CT molecular complexity index is 1620.